The molecule has 140 valence electrons. The zero-order chi connectivity index (χ0) is 19.1. The first-order valence-corrected chi connectivity index (χ1v) is 12.4. The molecular weight excluding hydrogens is 379 g/mol. The highest BCUT2D eigenvalue weighted by Gasteiger charge is 2.40. The van der Waals surface area contributed by atoms with Crippen LogP contribution in [0.5, 0.6) is 0 Å². The smallest absolute Gasteiger partial charge is 0.348 e. The summed E-state index contributed by atoms with van der Waals surface area (Å²) in [6, 6.07) is 6.68. The Hall–Kier alpha value is -1.60. The number of aromatic nitrogens is 2. The van der Waals surface area contributed by atoms with Crippen molar-refractivity contribution in [3.05, 3.63) is 46.9 Å². The Kier molecular flexibility index (Phi) is 5.05. The molecule has 0 radical (unpaired) electrons. The van der Waals surface area contributed by atoms with Gasteiger partial charge in [-0.2, -0.15) is 13.2 Å². The molecule has 1 aliphatic heterocycles. The zero-order valence-corrected chi connectivity index (χ0v) is 16.7. The second-order valence-electron chi connectivity index (χ2n) is 7.55. The molecule has 1 aliphatic rings. The average Bonchev–Trinajstić information content (AvgIpc) is 3.02. The minimum atomic E-state index is -4.46. The Morgan fingerprint density at radius 1 is 1.23 bits per heavy atom. The van der Waals surface area contributed by atoms with E-state index >= 15 is 0 Å². The van der Waals surface area contributed by atoms with Gasteiger partial charge in [0.1, 0.15) is 11.0 Å². The number of halogens is 4. The Morgan fingerprint density at radius 3 is 2.54 bits per heavy atom. The van der Waals surface area contributed by atoms with Crippen LogP contribution < -0.4 is 10.1 Å². The molecule has 3 nitrogen and oxygen atoms in total. The van der Waals surface area contributed by atoms with Gasteiger partial charge in [-0.3, -0.25) is 4.98 Å². The van der Waals surface area contributed by atoms with Crippen LogP contribution in [0.3, 0.4) is 0 Å². The standard InChI is InChI=1S/C18H21ClF3N3Si/c1-26(2,3)16-12(18(20,21)22)11-15(24-17(16)19)25-10-6-8-14(25)13-7-4-5-9-23-13/h4-5,7,9,11,14H,6,8,10H2,1-3H3. The van der Waals surface area contributed by atoms with Gasteiger partial charge in [0.25, 0.3) is 0 Å². The summed E-state index contributed by atoms with van der Waals surface area (Å²) in [5.41, 5.74) is 0.184. The predicted molar refractivity (Wildman–Crippen MR) is 101 cm³/mol. The van der Waals surface area contributed by atoms with Crippen molar-refractivity contribution in [3.63, 3.8) is 0 Å². The molecular formula is C18H21ClF3N3Si. The van der Waals surface area contributed by atoms with Crippen LogP contribution in [0, 0.1) is 0 Å². The lowest BCUT2D eigenvalue weighted by Gasteiger charge is -2.29. The van der Waals surface area contributed by atoms with E-state index in [1.807, 2.05) is 42.7 Å². The highest BCUT2D eigenvalue weighted by Crippen LogP contribution is 2.38. The fourth-order valence-corrected chi connectivity index (χ4v) is 6.24. The Morgan fingerprint density at radius 2 is 1.96 bits per heavy atom. The summed E-state index contributed by atoms with van der Waals surface area (Å²) in [7, 11) is -2.32. The van der Waals surface area contributed by atoms with Gasteiger partial charge in [-0.25, -0.2) is 4.98 Å². The molecule has 3 heterocycles. The summed E-state index contributed by atoms with van der Waals surface area (Å²) in [6.45, 7) is 6.17. The Balaban J connectivity index is 2.10. The van der Waals surface area contributed by atoms with Crippen molar-refractivity contribution in [1.82, 2.24) is 9.97 Å². The molecule has 0 amide bonds. The first-order valence-electron chi connectivity index (χ1n) is 8.55. The molecule has 2 aromatic heterocycles. The molecule has 0 spiro atoms. The highest BCUT2D eigenvalue weighted by molar-refractivity contribution is 6.90. The van der Waals surface area contributed by atoms with E-state index < -0.39 is 19.8 Å². The number of pyridine rings is 2. The molecule has 3 rings (SSSR count). The van der Waals surface area contributed by atoms with Crippen molar-refractivity contribution in [2.24, 2.45) is 0 Å². The molecule has 0 aromatic carbocycles. The number of rotatable bonds is 3. The largest absolute Gasteiger partial charge is 0.416 e. The zero-order valence-electron chi connectivity index (χ0n) is 14.9. The van der Waals surface area contributed by atoms with Crippen molar-refractivity contribution in [1.29, 1.82) is 0 Å². The van der Waals surface area contributed by atoms with E-state index in [4.69, 9.17) is 11.6 Å². The number of alkyl halides is 3. The molecule has 1 saturated heterocycles. The molecule has 1 fully saturated rings. The first kappa shape index (κ1) is 19.2. The van der Waals surface area contributed by atoms with Crippen LogP contribution in [-0.4, -0.2) is 24.6 Å². The van der Waals surface area contributed by atoms with E-state index in [2.05, 4.69) is 9.97 Å². The fraction of sp³-hybridized carbons (Fsp3) is 0.444. The molecule has 0 saturated carbocycles. The van der Waals surface area contributed by atoms with Gasteiger partial charge in [0.15, 0.2) is 0 Å². The first-order chi connectivity index (χ1) is 12.1. The second-order valence-corrected chi connectivity index (χ2v) is 12.9. The summed E-state index contributed by atoms with van der Waals surface area (Å²) in [5.74, 6) is 0.275. The maximum atomic E-state index is 13.8. The third-order valence-electron chi connectivity index (χ3n) is 4.59. The van der Waals surface area contributed by atoms with Crippen molar-refractivity contribution < 1.29 is 13.2 Å². The monoisotopic (exact) mass is 399 g/mol. The van der Waals surface area contributed by atoms with Crippen molar-refractivity contribution in [2.45, 2.75) is 44.7 Å². The van der Waals surface area contributed by atoms with Crippen molar-refractivity contribution >= 4 is 30.7 Å². The minimum Gasteiger partial charge on any atom is -0.348 e. The summed E-state index contributed by atoms with van der Waals surface area (Å²) in [6.07, 6.45) is -1.07. The van der Waals surface area contributed by atoms with Crippen molar-refractivity contribution in [3.8, 4) is 0 Å². The summed E-state index contributed by atoms with van der Waals surface area (Å²) >= 11 is 6.28. The average molecular weight is 400 g/mol. The Labute approximate surface area is 157 Å². The van der Waals surface area contributed by atoms with E-state index in [0.717, 1.165) is 18.5 Å². The van der Waals surface area contributed by atoms with Gasteiger partial charge in [0.05, 0.1) is 25.4 Å². The van der Waals surface area contributed by atoms with Gasteiger partial charge >= 0.3 is 6.18 Å². The maximum Gasteiger partial charge on any atom is 0.416 e. The van der Waals surface area contributed by atoms with Gasteiger partial charge in [0.2, 0.25) is 0 Å². The summed E-state index contributed by atoms with van der Waals surface area (Å²) in [4.78, 5) is 10.6. The topological polar surface area (TPSA) is 29.0 Å². The predicted octanol–water partition coefficient (Wildman–Crippen LogP) is 5.04. The molecule has 26 heavy (non-hydrogen) atoms. The van der Waals surface area contributed by atoms with E-state index in [0.29, 0.717) is 6.54 Å². The molecule has 0 bridgehead atoms. The van der Waals surface area contributed by atoms with Gasteiger partial charge in [-0.1, -0.05) is 37.3 Å². The number of hydrogen-bond donors (Lipinski definition) is 0. The quantitative estimate of drug-likeness (QED) is 0.535. The molecule has 0 N–H and O–H groups in total. The SMILES string of the molecule is C[Si](C)(C)c1c(C(F)(F)F)cc(N2CCCC2c2ccccn2)nc1Cl. The van der Waals surface area contributed by atoms with Crippen LogP contribution >= 0.6 is 11.6 Å². The van der Waals surface area contributed by atoms with E-state index in [-0.39, 0.29) is 22.2 Å². The molecule has 8 heteroatoms. The lowest BCUT2D eigenvalue weighted by atomic mass is 10.1. The van der Waals surface area contributed by atoms with E-state index in [1.165, 1.54) is 6.07 Å². The molecule has 1 atom stereocenters. The number of nitrogens with zero attached hydrogens (tertiary/aromatic N) is 3. The van der Waals surface area contributed by atoms with Gasteiger partial charge < -0.3 is 4.90 Å². The van der Waals surface area contributed by atoms with E-state index in [1.54, 1.807) is 6.20 Å². The molecule has 2 aromatic rings. The van der Waals surface area contributed by atoms with E-state index in [9.17, 15) is 13.2 Å². The maximum absolute atomic E-state index is 13.8. The van der Waals surface area contributed by atoms with Crippen LogP contribution in [0.15, 0.2) is 30.5 Å². The summed E-state index contributed by atoms with van der Waals surface area (Å²) in [5, 5.41) is 0.143. The minimum absolute atomic E-state index is 0.0272. The van der Waals surface area contributed by atoms with Gasteiger partial charge in [-0.05, 0) is 36.2 Å². The third-order valence-corrected chi connectivity index (χ3v) is 7.03. The summed E-state index contributed by atoms with van der Waals surface area (Å²) < 4.78 is 41.3. The van der Waals surface area contributed by atoms with Crippen LogP contribution in [0.1, 0.15) is 30.1 Å². The van der Waals surface area contributed by atoms with Crippen LogP contribution in [0.25, 0.3) is 0 Å². The van der Waals surface area contributed by atoms with Crippen LogP contribution in [0.4, 0.5) is 19.0 Å². The van der Waals surface area contributed by atoms with Crippen LogP contribution in [0.2, 0.25) is 24.8 Å². The number of hydrogen-bond acceptors (Lipinski definition) is 3. The number of anilines is 1. The third kappa shape index (κ3) is 3.73. The normalized spacial score (nSPS) is 18.4. The van der Waals surface area contributed by atoms with Gasteiger partial charge in [0, 0.05) is 12.7 Å². The van der Waals surface area contributed by atoms with Crippen LogP contribution in [-0.2, 0) is 6.18 Å². The lowest BCUT2D eigenvalue weighted by Crippen LogP contribution is -2.44. The highest BCUT2D eigenvalue weighted by atomic mass is 35.5. The molecule has 1 unspecified atom stereocenters. The fourth-order valence-electron chi connectivity index (χ4n) is 3.51. The second kappa shape index (κ2) is 6.85. The van der Waals surface area contributed by atoms with Gasteiger partial charge in [-0.15, -0.1) is 0 Å². The Bertz CT molecular complexity index is 791. The van der Waals surface area contributed by atoms with Crippen molar-refractivity contribution in [2.75, 3.05) is 11.4 Å². The lowest BCUT2D eigenvalue weighted by molar-refractivity contribution is -0.136. The molecule has 0 aliphatic carbocycles.